The zero-order chi connectivity index (χ0) is 18.0. The Labute approximate surface area is 145 Å². The predicted molar refractivity (Wildman–Crippen MR) is 90.4 cm³/mol. The van der Waals surface area contributed by atoms with E-state index in [9.17, 15) is 23.1 Å². The number of hydrogen-bond acceptors (Lipinski definition) is 4. The minimum atomic E-state index is -4.46. The van der Waals surface area contributed by atoms with Crippen LogP contribution >= 0.6 is 11.8 Å². The molecule has 0 bridgehead atoms. The smallest absolute Gasteiger partial charge is 0.416 e. The first-order chi connectivity index (χ1) is 11.8. The number of thioether (sulfide) groups is 1. The van der Waals surface area contributed by atoms with Crippen LogP contribution in [-0.4, -0.2) is 16.2 Å². The number of carbonyl (C=O) groups excluding carboxylic acids is 1. The number of aliphatic imine (C=N–C) groups is 1. The Bertz CT molecular complexity index is 891. The van der Waals surface area contributed by atoms with E-state index < -0.39 is 17.6 Å². The van der Waals surface area contributed by atoms with Gasteiger partial charge in [-0.1, -0.05) is 24.3 Å². The maximum Gasteiger partial charge on any atom is 0.416 e. The molecule has 0 spiro atoms. The highest BCUT2D eigenvalue weighted by Crippen LogP contribution is 2.33. The molecule has 1 amide bonds. The van der Waals surface area contributed by atoms with Crippen molar-refractivity contribution in [1.82, 2.24) is 5.32 Å². The lowest BCUT2D eigenvalue weighted by Gasteiger charge is -2.06. The summed E-state index contributed by atoms with van der Waals surface area (Å²) in [7, 11) is 0. The minimum absolute atomic E-state index is 0.0201. The average molecular weight is 364 g/mol. The number of amides is 1. The van der Waals surface area contributed by atoms with E-state index in [4.69, 9.17) is 0 Å². The van der Waals surface area contributed by atoms with Crippen molar-refractivity contribution in [3.8, 4) is 5.75 Å². The van der Waals surface area contributed by atoms with E-state index in [1.165, 1.54) is 24.3 Å². The van der Waals surface area contributed by atoms with E-state index in [1.807, 2.05) is 0 Å². The number of rotatable bonds is 2. The van der Waals surface area contributed by atoms with Crippen LogP contribution in [0.5, 0.6) is 5.75 Å². The van der Waals surface area contributed by atoms with Gasteiger partial charge in [0.25, 0.3) is 5.91 Å². The van der Waals surface area contributed by atoms with Crippen LogP contribution in [0.3, 0.4) is 0 Å². The number of alkyl halides is 3. The largest absolute Gasteiger partial charge is 0.507 e. The molecule has 1 fully saturated rings. The van der Waals surface area contributed by atoms with Crippen LogP contribution in [-0.2, 0) is 11.0 Å². The molecule has 1 aliphatic heterocycles. The van der Waals surface area contributed by atoms with Gasteiger partial charge in [0, 0.05) is 5.56 Å². The van der Waals surface area contributed by atoms with Crippen LogP contribution in [0.25, 0.3) is 6.08 Å². The highest BCUT2D eigenvalue weighted by molar-refractivity contribution is 8.18. The summed E-state index contributed by atoms with van der Waals surface area (Å²) in [4.78, 5) is 16.3. The number of nitrogens with one attached hydrogen (secondary N) is 1. The van der Waals surface area contributed by atoms with E-state index in [2.05, 4.69) is 10.3 Å². The van der Waals surface area contributed by atoms with E-state index in [0.29, 0.717) is 5.56 Å². The topological polar surface area (TPSA) is 61.7 Å². The molecular weight excluding hydrogens is 353 g/mol. The summed E-state index contributed by atoms with van der Waals surface area (Å²) < 4.78 is 38.2. The van der Waals surface area contributed by atoms with Gasteiger partial charge in [-0.15, -0.1) is 0 Å². The molecule has 0 aromatic heterocycles. The third kappa shape index (κ3) is 4.03. The number of carbonyl (C=O) groups is 1. The Kier molecular flexibility index (Phi) is 4.54. The molecule has 2 N–H and O–H groups in total. The number of nitrogens with zero attached hydrogens (tertiary/aromatic N) is 1. The Balaban J connectivity index is 1.86. The first-order valence-corrected chi connectivity index (χ1v) is 7.89. The molecule has 128 valence electrons. The van der Waals surface area contributed by atoms with Crippen molar-refractivity contribution in [3.05, 3.63) is 64.6 Å². The van der Waals surface area contributed by atoms with E-state index in [0.717, 1.165) is 23.9 Å². The van der Waals surface area contributed by atoms with Gasteiger partial charge in [-0.3, -0.25) is 4.79 Å². The van der Waals surface area contributed by atoms with Gasteiger partial charge >= 0.3 is 6.18 Å². The van der Waals surface area contributed by atoms with Gasteiger partial charge in [-0.05, 0) is 42.1 Å². The summed E-state index contributed by atoms with van der Waals surface area (Å²) in [6.07, 6.45) is -2.97. The zero-order valence-corrected chi connectivity index (χ0v) is 13.4. The summed E-state index contributed by atoms with van der Waals surface area (Å²) in [5.74, 6) is -0.411. The lowest BCUT2D eigenvalue weighted by atomic mass is 10.2. The maximum atomic E-state index is 12.7. The van der Waals surface area contributed by atoms with Crippen molar-refractivity contribution >= 4 is 34.6 Å². The molecule has 0 saturated carbocycles. The maximum absolute atomic E-state index is 12.7. The molecule has 0 radical (unpaired) electrons. The number of aromatic hydroxyl groups is 1. The summed E-state index contributed by atoms with van der Waals surface area (Å²) in [6.45, 7) is 0. The summed E-state index contributed by atoms with van der Waals surface area (Å²) in [5.41, 5.74) is -0.268. The molecule has 1 aliphatic rings. The number of amidine groups is 1. The normalized spacial score (nSPS) is 18.0. The second kappa shape index (κ2) is 6.64. The Morgan fingerprint density at radius 2 is 1.88 bits per heavy atom. The van der Waals surface area contributed by atoms with Gasteiger partial charge in [0.15, 0.2) is 5.17 Å². The molecule has 2 aromatic rings. The van der Waals surface area contributed by atoms with Gasteiger partial charge in [-0.2, -0.15) is 13.2 Å². The molecule has 8 heteroatoms. The zero-order valence-electron chi connectivity index (χ0n) is 12.5. The monoisotopic (exact) mass is 364 g/mol. The highest BCUT2D eigenvalue weighted by Gasteiger charge is 2.30. The fourth-order valence-corrected chi connectivity index (χ4v) is 2.93. The second-order valence-electron chi connectivity index (χ2n) is 5.09. The third-order valence-electron chi connectivity index (χ3n) is 3.28. The first kappa shape index (κ1) is 17.1. The standard InChI is InChI=1S/C17H11F3N2O2S/c18-17(19,20)11-5-3-6-12(9-11)21-16-22-15(24)14(25-16)8-10-4-1-2-7-13(10)23/h1-9,23H,(H,21,22,24)/b14-8+. The summed E-state index contributed by atoms with van der Waals surface area (Å²) >= 11 is 0.989. The van der Waals surface area contributed by atoms with Crippen molar-refractivity contribution in [1.29, 1.82) is 0 Å². The lowest BCUT2D eigenvalue weighted by molar-refractivity contribution is -0.137. The SMILES string of the molecule is O=C1NC(=Nc2cccc(C(F)(F)F)c2)S/C1=C/c1ccccc1O. The predicted octanol–water partition coefficient (Wildman–Crippen LogP) is 4.30. The van der Waals surface area contributed by atoms with Gasteiger partial charge in [0.1, 0.15) is 5.75 Å². The molecule has 0 atom stereocenters. The number of hydrogen-bond donors (Lipinski definition) is 2. The minimum Gasteiger partial charge on any atom is -0.507 e. The van der Waals surface area contributed by atoms with Crippen LogP contribution in [0.2, 0.25) is 0 Å². The van der Waals surface area contributed by atoms with Crippen LogP contribution in [0, 0.1) is 0 Å². The van der Waals surface area contributed by atoms with Crippen molar-refractivity contribution < 1.29 is 23.1 Å². The molecule has 0 unspecified atom stereocenters. The fourth-order valence-electron chi connectivity index (χ4n) is 2.10. The molecule has 25 heavy (non-hydrogen) atoms. The Morgan fingerprint density at radius 1 is 1.12 bits per heavy atom. The molecular formula is C17H11F3N2O2S. The lowest BCUT2D eigenvalue weighted by Crippen LogP contribution is -2.19. The first-order valence-electron chi connectivity index (χ1n) is 7.08. The van der Waals surface area contributed by atoms with Crippen molar-refractivity contribution in [2.45, 2.75) is 6.18 Å². The number of phenolic OH excluding ortho intramolecular Hbond substituents is 1. The fraction of sp³-hybridized carbons (Fsp3) is 0.0588. The molecule has 1 heterocycles. The third-order valence-corrected chi connectivity index (χ3v) is 4.19. The van der Waals surface area contributed by atoms with Crippen LogP contribution in [0.4, 0.5) is 18.9 Å². The van der Waals surface area contributed by atoms with Gasteiger partial charge in [-0.25, -0.2) is 4.99 Å². The van der Waals surface area contributed by atoms with Crippen LogP contribution in [0.1, 0.15) is 11.1 Å². The molecule has 3 rings (SSSR count). The van der Waals surface area contributed by atoms with Gasteiger partial charge in [0.2, 0.25) is 0 Å². The van der Waals surface area contributed by atoms with E-state index >= 15 is 0 Å². The molecule has 2 aromatic carbocycles. The quantitative estimate of drug-likeness (QED) is 0.781. The van der Waals surface area contributed by atoms with E-state index in [-0.39, 0.29) is 21.5 Å². The van der Waals surface area contributed by atoms with Crippen LogP contribution < -0.4 is 5.32 Å². The Morgan fingerprint density at radius 3 is 2.60 bits per heavy atom. The molecule has 1 saturated heterocycles. The number of phenols is 1. The number of halogens is 3. The number of para-hydroxylation sites is 1. The average Bonchev–Trinajstić information content (AvgIpc) is 2.88. The van der Waals surface area contributed by atoms with Crippen molar-refractivity contribution in [3.63, 3.8) is 0 Å². The van der Waals surface area contributed by atoms with Crippen molar-refractivity contribution in [2.24, 2.45) is 4.99 Å². The highest BCUT2D eigenvalue weighted by atomic mass is 32.2. The summed E-state index contributed by atoms with van der Waals surface area (Å²) in [6, 6.07) is 11.0. The van der Waals surface area contributed by atoms with Crippen LogP contribution in [0.15, 0.2) is 58.4 Å². The molecule has 4 nitrogen and oxygen atoms in total. The van der Waals surface area contributed by atoms with Crippen molar-refractivity contribution in [2.75, 3.05) is 0 Å². The second-order valence-corrected chi connectivity index (χ2v) is 6.12. The summed E-state index contributed by atoms with van der Waals surface area (Å²) in [5, 5.41) is 12.4. The molecule has 0 aliphatic carbocycles. The van der Waals surface area contributed by atoms with Gasteiger partial charge < -0.3 is 10.4 Å². The number of benzene rings is 2. The van der Waals surface area contributed by atoms with E-state index in [1.54, 1.807) is 18.2 Å². The Hall–Kier alpha value is -2.74. The van der Waals surface area contributed by atoms with Gasteiger partial charge in [0.05, 0.1) is 16.2 Å².